The van der Waals surface area contributed by atoms with Crippen molar-refractivity contribution in [3.05, 3.63) is 87.6 Å². The molecular formula is C25H21IN4O3S2. The second kappa shape index (κ2) is 9.59. The number of anilines is 1. The number of halogens is 1. The van der Waals surface area contributed by atoms with E-state index in [2.05, 4.69) is 38.1 Å². The van der Waals surface area contributed by atoms with Crippen molar-refractivity contribution in [1.29, 1.82) is 0 Å². The first-order valence-electron chi connectivity index (χ1n) is 10.7. The predicted octanol–water partition coefficient (Wildman–Crippen LogP) is 5.93. The van der Waals surface area contributed by atoms with Gasteiger partial charge in [-0.2, -0.15) is 0 Å². The highest BCUT2D eigenvalue weighted by Gasteiger charge is 2.21. The van der Waals surface area contributed by atoms with Crippen LogP contribution in [0.25, 0.3) is 21.5 Å². The summed E-state index contributed by atoms with van der Waals surface area (Å²) in [7, 11) is -2.06. The third kappa shape index (κ3) is 4.78. The highest BCUT2D eigenvalue weighted by molar-refractivity contribution is 14.1. The Hall–Kier alpha value is -2.96. The Balaban J connectivity index is 1.40. The number of aryl methyl sites for hydroxylation is 1. The minimum atomic E-state index is -3.70. The highest BCUT2D eigenvalue weighted by atomic mass is 127. The summed E-state index contributed by atoms with van der Waals surface area (Å²) in [5.74, 6) is 0.817. The summed E-state index contributed by atoms with van der Waals surface area (Å²) in [6.07, 6.45) is 1.66. The normalized spacial score (nSPS) is 11.6. The molecule has 0 atom stereocenters. The van der Waals surface area contributed by atoms with E-state index >= 15 is 0 Å². The molecule has 1 N–H and O–H groups in total. The van der Waals surface area contributed by atoms with E-state index in [-0.39, 0.29) is 4.90 Å². The van der Waals surface area contributed by atoms with Gasteiger partial charge in [-0.15, -0.1) is 10.2 Å². The van der Waals surface area contributed by atoms with Crippen LogP contribution in [0.5, 0.6) is 5.75 Å². The van der Waals surface area contributed by atoms with Crippen LogP contribution in [0.3, 0.4) is 0 Å². The molecular weight excluding hydrogens is 595 g/mol. The molecule has 0 spiro atoms. The van der Waals surface area contributed by atoms with Crippen molar-refractivity contribution in [2.45, 2.75) is 18.4 Å². The standard InChI is InChI=1S/C25H21IN4O3S2/c1-16-3-10-20(11-4-16)35(31,32)30-15-22(26)21-13-18(7-12-23(21)30)24-28-29-25(34-24)27-14-17-5-8-19(33-2)9-6-17/h3-13,15H,14H2,1-2H3,(H,27,29). The monoisotopic (exact) mass is 616 g/mol. The number of nitrogens with one attached hydrogen (secondary N) is 1. The van der Waals surface area contributed by atoms with Crippen molar-refractivity contribution in [1.82, 2.24) is 14.2 Å². The molecule has 10 heteroatoms. The first-order chi connectivity index (χ1) is 16.8. The molecule has 0 saturated carbocycles. The van der Waals surface area contributed by atoms with E-state index in [1.54, 1.807) is 37.6 Å². The maximum absolute atomic E-state index is 13.3. The lowest BCUT2D eigenvalue weighted by Gasteiger charge is -2.08. The number of hydrogen-bond acceptors (Lipinski definition) is 7. The van der Waals surface area contributed by atoms with Gasteiger partial charge in [-0.25, -0.2) is 12.4 Å². The topological polar surface area (TPSA) is 86.1 Å². The Morgan fingerprint density at radius 3 is 2.49 bits per heavy atom. The van der Waals surface area contributed by atoms with Gasteiger partial charge in [0.2, 0.25) is 5.13 Å². The smallest absolute Gasteiger partial charge is 0.268 e. The summed E-state index contributed by atoms with van der Waals surface area (Å²) < 4.78 is 33.9. The fourth-order valence-corrected chi connectivity index (χ4v) is 6.65. The SMILES string of the molecule is COc1ccc(CNc2nnc(-c3ccc4c(c3)c(I)cn4S(=O)(=O)c3ccc(C)cc3)s2)cc1. The first-order valence-corrected chi connectivity index (χ1v) is 14.0. The van der Waals surface area contributed by atoms with Gasteiger partial charge in [0, 0.05) is 27.3 Å². The summed E-state index contributed by atoms with van der Waals surface area (Å²) in [6.45, 7) is 2.55. The maximum Gasteiger partial charge on any atom is 0.268 e. The molecule has 35 heavy (non-hydrogen) atoms. The van der Waals surface area contributed by atoms with E-state index in [9.17, 15) is 8.42 Å². The number of rotatable bonds is 7. The molecule has 0 fully saturated rings. The van der Waals surface area contributed by atoms with Crippen LogP contribution in [0.15, 0.2) is 77.8 Å². The van der Waals surface area contributed by atoms with Crippen LogP contribution in [0.2, 0.25) is 0 Å². The molecule has 0 saturated heterocycles. The predicted molar refractivity (Wildman–Crippen MR) is 148 cm³/mol. The average Bonchev–Trinajstić information content (AvgIpc) is 3.48. The Morgan fingerprint density at radius 1 is 1.03 bits per heavy atom. The molecule has 0 radical (unpaired) electrons. The highest BCUT2D eigenvalue weighted by Crippen LogP contribution is 2.33. The Bertz CT molecular complexity index is 1610. The molecule has 2 heterocycles. The first kappa shape index (κ1) is 23.8. The van der Waals surface area contributed by atoms with Crippen molar-refractivity contribution in [3.63, 3.8) is 0 Å². The van der Waals surface area contributed by atoms with Gasteiger partial charge < -0.3 is 10.1 Å². The Morgan fingerprint density at radius 2 is 1.77 bits per heavy atom. The molecule has 5 aromatic rings. The molecule has 7 nitrogen and oxygen atoms in total. The third-order valence-corrected chi connectivity index (χ3v) is 9.05. The van der Waals surface area contributed by atoms with Crippen LogP contribution in [-0.2, 0) is 16.6 Å². The van der Waals surface area contributed by atoms with Crippen LogP contribution in [-0.4, -0.2) is 29.7 Å². The lowest BCUT2D eigenvalue weighted by Crippen LogP contribution is -2.11. The molecule has 0 aliphatic carbocycles. The molecule has 0 aliphatic rings. The van der Waals surface area contributed by atoms with Crippen LogP contribution in [0, 0.1) is 10.5 Å². The number of nitrogens with zero attached hydrogens (tertiary/aromatic N) is 3. The molecule has 0 unspecified atom stereocenters. The molecule has 0 bridgehead atoms. The minimum Gasteiger partial charge on any atom is -0.497 e. The number of methoxy groups -OCH3 is 1. The molecule has 0 amide bonds. The number of ether oxygens (including phenoxy) is 1. The summed E-state index contributed by atoms with van der Waals surface area (Å²) in [5.41, 5.74) is 3.63. The molecule has 3 aromatic carbocycles. The van der Waals surface area contributed by atoms with Gasteiger partial charge >= 0.3 is 0 Å². The Labute approximate surface area is 221 Å². The average molecular weight is 617 g/mol. The van der Waals surface area contributed by atoms with E-state index in [1.807, 2.05) is 49.4 Å². The van der Waals surface area contributed by atoms with Crippen molar-refractivity contribution in [2.24, 2.45) is 0 Å². The lowest BCUT2D eigenvalue weighted by molar-refractivity contribution is 0.414. The van der Waals surface area contributed by atoms with Crippen LogP contribution < -0.4 is 10.1 Å². The minimum absolute atomic E-state index is 0.261. The van der Waals surface area contributed by atoms with Gasteiger partial charge in [-0.05, 0) is 77.5 Å². The fourth-order valence-electron chi connectivity index (χ4n) is 3.65. The quantitative estimate of drug-likeness (QED) is 0.228. The van der Waals surface area contributed by atoms with Crippen molar-refractivity contribution < 1.29 is 13.2 Å². The number of aromatic nitrogens is 3. The zero-order chi connectivity index (χ0) is 24.6. The van der Waals surface area contributed by atoms with Crippen LogP contribution in [0.4, 0.5) is 5.13 Å². The number of fused-ring (bicyclic) bond motifs is 1. The summed E-state index contributed by atoms with van der Waals surface area (Å²) in [4.78, 5) is 0.261. The second-order valence-corrected chi connectivity index (χ2v) is 11.9. The molecule has 5 rings (SSSR count). The molecule has 178 valence electrons. The Kier molecular flexibility index (Phi) is 6.51. The van der Waals surface area contributed by atoms with Gasteiger partial charge in [-0.1, -0.05) is 41.2 Å². The summed E-state index contributed by atoms with van der Waals surface area (Å²) >= 11 is 3.62. The van der Waals surface area contributed by atoms with Gasteiger partial charge in [-0.3, -0.25) is 0 Å². The van der Waals surface area contributed by atoms with E-state index in [0.717, 1.165) is 36.4 Å². The van der Waals surface area contributed by atoms with E-state index in [1.165, 1.54) is 15.3 Å². The van der Waals surface area contributed by atoms with Crippen LogP contribution >= 0.6 is 33.9 Å². The van der Waals surface area contributed by atoms with Gasteiger partial charge in [0.05, 0.1) is 17.5 Å². The summed E-state index contributed by atoms with van der Waals surface area (Å²) in [6, 6.07) is 20.4. The molecule has 0 aliphatic heterocycles. The van der Waals surface area contributed by atoms with Gasteiger partial charge in [0.1, 0.15) is 10.8 Å². The lowest BCUT2D eigenvalue weighted by atomic mass is 10.2. The van der Waals surface area contributed by atoms with E-state index in [4.69, 9.17) is 4.74 Å². The second-order valence-electron chi connectivity index (χ2n) is 7.94. The zero-order valence-electron chi connectivity index (χ0n) is 18.9. The maximum atomic E-state index is 13.3. The fraction of sp³-hybridized carbons (Fsp3) is 0.120. The van der Waals surface area contributed by atoms with Gasteiger partial charge in [0.15, 0.2) is 0 Å². The largest absolute Gasteiger partial charge is 0.497 e. The third-order valence-electron chi connectivity index (χ3n) is 5.57. The number of hydrogen-bond donors (Lipinski definition) is 1. The number of benzene rings is 3. The van der Waals surface area contributed by atoms with Crippen molar-refractivity contribution in [2.75, 3.05) is 12.4 Å². The van der Waals surface area contributed by atoms with Crippen LogP contribution in [0.1, 0.15) is 11.1 Å². The van der Waals surface area contributed by atoms with Crippen molar-refractivity contribution >= 4 is 60.0 Å². The van der Waals surface area contributed by atoms with Gasteiger partial charge in [0.25, 0.3) is 10.0 Å². The van der Waals surface area contributed by atoms with E-state index in [0.29, 0.717) is 17.2 Å². The summed E-state index contributed by atoms with van der Waals surface area (Å²) in [5, 5.41) is 14.2. The van der Waals surface area contributed by atoms with Crippen molar-refractivity contribution in [3.8, 4) is 16.3 Å². The zero-order valence-corrected chi connectivity index (χ0v) is 22.7. The molecule has 2 aromatic heterocycles. The van der Waals surface area contributed by atoms with E-state index < -0.39 is 10.0 Å².